The fourth-order valence-electron chi connectivity index (χ4n) is 2.99. The van der Waals surface area contributed by atoms with E-state index in [2.05, 4.69) is 5.32 Å². The van der Waals surface area contributed by atoms with Gasteiger partial charge in [0.05, 0.1) is 0 Å². The van der Waals surface area contributed by atoms with Gasteiger partial charge < -0.3 is 19.7 Å². The Bertz CT molecular complexity index is 831. The van der Waals surface area contributed by atoms with Gasteiger partial charge in [-0.15, -0.1) is 0 Å². The van der Waals surface area contributed by atoms with Gasteiger partial charge in [0, 0.05) is 42.9 Å². The van der Waals surface area contributed by atoms with Gasteiger partial charge in [-0.3, -0.25) is 9.59 Å². The standard InChI is InChI=1S/C21H24N2O4/c1-3-23(4-2)21(25)16-6-5-7-17(12-16)22-11-10-18(24)15-8-9-19-20(13-15)27-14-26-19/h5-9,12-13,22H,3-4,10-11,14H2,1-2H3. The van der Waals surface area contributed by atoms with Gasteiger partial charge in [0.2, 0.25) is 6.79 Å². The Hall–Kier alpha value is -3.02. The van der Waals surface area contributed by atoms with E-state index in [9.17, 15) is 9.59 Å². The van der Waals surface area contributed by atoms with Crippen LogP contribution in [0.1, 0.15) is 41.0 Å². The smallest absolute Gasteiger partial charge is 0.253 e. The molecular formula is C21H24N2O4. The molecule has 1 aliphatic rings. The summed E-state index contributed by atoms with van der Waals surface area (Å²) in [6, 6.07) is 12.6. The third-order valence-corrected chi connectivity index (χ3v) is 4.54. The van der Waals surface area contributed by atoms with Crippen LogP contribution in [0.4, 0.5) is 5.69 Å². The first kappa shape index (κ1) is 18.8. The van der Waals surface area contributed by atoms with Crippen LogP contribution >= 0.6 is 0 Å². The highest BCUT2D eigenvalue weighted by Gasteiger charge is 2.16. The van der Waals surface area contributed by atoms with Crippen LogP contribution in [0.2, 0.25) is 0 Å². The number of Topliss-reactive ketones (excluding diaryl/α,β-unsaturated/α-hetero) is 1. The van der Waals surface area contributed by atoms with Crippen LogP contribution in [0.3, 0.4) is 0 Å². The van der Waals surface area contributed by atoms with Gasteiger partial charge in [-0.05, 0) is 50.2 Å². The van der Waals surface area contributed by atoms with Crippen molar-refractivity contribution in [2.75, 3.05) is 31.7 Å². The van der Waals surface area contributed by atoms with Crippen molar-refractivity contribution in [3.8, 4) is 11.5 Å². The van der Waals surface area contributed by atoms with Crippen molar-refractivity contribution in [2.24, 2.45) is 0 Å². The third kappa shape index (κ3) is 4.39. The van der Waals surface area contributed by atoms with Crippen LogP contribution in [0.15, 0.2) is 42.5 Å². The molecule has 1 N–H and O–H groups in total. The number of carbonyl (C=O) groups is 2. The molecule has 0 fully saturated rings. The molecule has 0 atom stereocenters. The summed E-state index contributed by atoms with van der Waals surface area (Å²) in [5.74, 6) is 1.31. The average molecular weight is 368 g/mol. The van der Waals surface area contributed by atoms with E-state index in [1.54, 1.807) is 23.1 Å². The first-order valence-corrected chi connectivity index (χ1v) is 9.18. The van der Waals surface area contributed by atoms with Gasteiger partial charge in [-0.1, -0.05) is 6.07 Å². The van der Waals surface area contributed by atoms with E-state index in [1.165, 1.54) is 0 Å². The second-order valence-corrected chi connectivity index (χ2v) is 6.23. The molecule has 2 aromatic rings. The number of amides is 1. The van der Waals surface area contributed by atoms with Crippen LogP contribution in [0.5, 0.6) is 11.5 Å². The highest BCUT2D eigenvalue weighted by Crippen LogP contribution is 2.32. The molecule has 3 rings (SSSR count). The van der Waals surface area contributed by atoms with Gasteiger partial charge >= 0.3 is 0 Å². The molecule has 0 aliphatic carbocycles. The van der Waals surface area contributed by atoms with Crippen molar-refractivity contribution in [1.29, 1.82) is 0 Å². The van der Waals surface area contributed by atoms with Gasteiger partial charge in [-0.2, -0.15) is 0 Å². The van der Waals surface area contributed by atoms with E-state index in [0.717, 1.165) is 5.69 Å². The molecule has 0 saturated carbocycles. The molecule has 0 bridgehead atoms. The first-order valence-electron chi connectivity index (χ1n) is 9.18. The fraction of sp³-hybridized carbons (Fsp3) is 0.333. The number of ether oxygens (including phenoxy) is 2. The summed E-state index contributed by atoms with van der Waals surface area (Å²) < 4.78 is 10.6. The predicted octanol–water partition coefficient (Wildman–Crippen LogP) is 3.58. The summed E-state index contributed by atoms with van der Waals surface area (Å²) >= 11 is 0. The Morgan fingerprint density at radius 3 is 2.56 bits per heavy atom. The molecule has 142 valence electrons. The largest absolute Gasteiger partial charge is 0.454 e. The molecule has 1 aliphatic heterocycles. The summed E-state index contributed by atoms with van der Waals surface area (Å²) in [6.07, 6.45) is 0.341. The molecule has 0 saturated heterocycles. The maximum atomic E-state index is 12.4. The van der Waals surface area contributed by atoms with Crippen molar-refractivity contribution in [1.82, 2.24) is 4.90 Å². The molecule has 0 unspecified atom stereocenters. The zero-order valence-electron chi connectivity index (χ0n) is 15.7. The molecule has 0 spiro atoms. The van der Waals surface area contributed by atoms with Gasteiger partial charge in [-0.25, -0.2) is 0 Å². The molecule has 1 amide bonds. The van der Waals surface area contributed by atoms with Crippen LogP contribution in [0, 0.1) is 0 Å². The summed E-state index contributed by atoms with van der Waals surface area (Å²) in [7, 11) is 0. The summed E-state index contributed by atoms with van der Waals surface area (Å²) in [4.78, 5) is 26.6. The predicted molar refractivity (Wildman–Crippen MR) is 104 cm³/mol. The van der Waals surface area contributed by atoms with Crippen LogP contribution in [-0.2, 0) is 0 Å². The quantitative estimate of drug-likeness (QED) is 0.722. The van der Waals surface area contributed by atoms with Crippen molar-refractivity contribution in [3.63, 3.8) is 0 Å². The Morgan fingerprint density at radius 1 is 1.00 bits per heavy atom. The van der Waals surface area contributed by atoms with Crippen LogP contribution in [0.25, 0.3) is 0 Å². The van der Waals surface area contributed by atoms with E-state index in [-0.39, 0.29) is 18.5 Å². The third-order valence-electron chi connectivity index (χ3n) is 4.54. The van der Waals surface area contributed by atoms with Gasteiger partial charge in [0.15, 0.2) is 17.3 Å². The van der Waals surface area contributed by atoms with E-state index in [0.29, 0.717) is 48.7 Å². The molecule has 0 radical (unpaired) electrons. The number of anilines is 1. The van der Waals surface area contributed by atoms with Crippen LogP contribution < -0.4 is 14.8 Å². The minimum absolute atomic E-state index is 0.0140. The average Bonchev–Trinajstić information content (AvgIpc) is 3.17. The maximum Gasteiger partial charge on any atom is 0.253 e. The number of carbonyl (C=O) groups excluding carboxylic acids is 2. The lowest BCUT2D eigenvalue weighted by Crippen LogP contribution is -2.30. The Morgan fingerprint density at radius 2 is 1.78 bits per heavy atom. The van der Waals surface area contributed by atoms with Gasteiger partial charge in [0.1, 0.15) is 0 Å². The number of ketones is 1. The zero-order valence-corrected chi connectivity index (χ0v) is 15.7. The topological polar surface area (TPSA) is 67.9 Å². The molecule has 27 heavy (non-hydrogen) atoms. The maximum absolute atomic E-state index is 12.4. The summed E-state index contributed by atoms with van der Waals surface area (Å²) in [5.41, 5.74) is 2.07. The molecular weight excluding hydrogens is 344 g/mol. The lowest BCUT2D eigenvalue weighted by atomic mass is 10.1. The second kappa shape index (κ2) is 8.58. The Balaban J connectivity index is 1.56. The van der Waals surface area contributed by atoms with Crippen LogP contribution in [-0.4, -0.2) is 43.0 Å². The monoisotopic (exact) mass is 368 g/mol. The summed E-state index contributed by atoms with van der Waals surface area (Å²) in [5, 5.41) is 3.22. The van der Waals surface area contributed by atoms with Crippen molar-refractivity contribution in [2.45, 2.75) is 20.3 Å². The van der Waals surface area contributed by atoms with E-state index >= 15 is 0 Å². The summed E-state index contributed by atoms with van der Waals surface area (Å²) in [6.45, 7) is 5.96. The molecule has 2 aromatic carbocycles. The number of benzene rings is 2. The van der Waals surface area contributed by atoms with Gasteiger partial charge in [0.25, 0.3) is 5.91 Å². The Labute approximate surface area is 159 Å². The second-order valence-electron chi connectivity index (χ2n) is 6.23. The van der Waals surface area contributed by atoms with Crippen molar-refractivity contribution >= 4 is 17.4 Å². The lowest BCUT2D eigenvalue weighted by Gasteiger charge is -2.19. The highest BCUT2D eigenvalue weighted by molar-refractivity contribution is 5.97. The number of nitrogens with zero attached hydrogens (tertiary/aromatic N) is 1. The highest BCUT2D eigenvalue weighted by atomic mass is 16.7. The van der Waals surface area contributed by atoms with E-state index in [1.807, 2.05) is 38.1 Å². The van der Waals surface area contributed by atoms with E-state index in [4.69, 9.17) is 9.47 Å². The molecule has 1 heterocycles. The molecule has 6 heteroatoms. The fourth-order valence-corrected chi connectivity index (χ4v) is 2.99. The Kier molecular flexibility index (Phi) is 5.96. The number of rotatable bonds is 8. The van der Waals surface area contributed by atoms with Crippen molar-refractivity contribution in [3.05, 3.63) is 53.6 Å². The van der Waals surface area contributed by atoms with E-state index < -0.39 is 0 Å². The lowest BCUT2D eigenvalue weighted by molar-refractivity contribution is 0.0772. The minimum atomic E-state index is 0.0140. The SMILES string of the molecule is CCN(CC)C(=O)c1cccc(NCCC(=O)c2ccc3c(c2)OCO3)c1. The first-order chi connectivity index (χ1) is 13.1. The number of nitrogens with one attached hydrogen (secondary N) is 1. The van der Waals surface area contributed by atoms with Crippen molar-refractivity contribution < 1.29 is 19.1 Å². The normalized spacial score (nSPS) is 11.9. The number of fused-ring (bicyclic) bond motifs is 1. The molecule has 0 aromatic heterocycles. The minimum Gasteiger partial charge on any atom is -0.454 e. The molecule has 6 nitrogen and oxygen atoms in total. The number of hydrogen-bond donors (Lipinski definition) is 1. The zero-order chi connectivity index (χ0) is 19.2. The number of hydrogen-bond acceptors (Lipinski definition) is 5.